The molecule has 6 nitrogen and oxygen atoms in total. The lowest BCUT2D eigenvalue weighted by Crippen LogP contribution is -2.54. The van der Waals surface area contributed by atoms with E-state index in [1.165, 1.54) is 0 Å². The van der Waals surface area contributed by atoms with Gasteiger partial charge in [0.1, 0.15) is 5.75 Å². The minimum atomic E-state index is -2.88. The summed E-state index contributed by atoms with van der Waals surface area (Å²) in [6, 6.07) is 7.18. The molecule has 1 amide bonds. The zero-order valence-corrected chi connectivity index (χ0v) is 15.8. The first-order valence-corrected chi connectivity index (χ1v) is 10.7. The van der Waals surface area contributed by atoms with Crippen molar-refractivity contribution in [1.82, 2.24) is 9.80 Å². The second-order valence-corrected chi connectivity index (χ2v) is 9.24. The van der Waals surface area contributed by atoms with Gasteiger partial charge in [0, 0.05) is 32.2 Å². The molecule has 1 aromatic rings. The van der Waals surface area contributed by atoms with Crippen molar-refractivity contribution in [2.45, 2.75) is 25.5 Å². The third-order valence-electron chi connectivity index (χ3n) is 4.84. The van der Waals surface area contributed by atoms with Crippen LogP contribution in [0.5, 0.6) is 5.75 Å². The number of piperazine rings is 1. The molecule has 2 unspecified atom stereocenters. The highest BCUT2D eigenvalue weighted by Crippen LogP contribution is 2.25. The Morgan fingerprint density at radius 1 is 1.24 bits per heavy atom. The molecule has 3 rings (SSSR count). The maximum atomic E-state index is 12.6. The highest BCUT2D eigenvalue weighted by molar-refractivity contribution is 7.91. The molecule has 2 aliphatic rings. The van der Waals surface area contributed by atoms with Crippen LogP contribution in [0, 0.1) is 0 Å². The molecule has 0 aromatic heterocycles. The highest BCUT2D eigenvalue weighted by Gasteiger charge is 2.35. The number of benzene rings is 1. The van der Waals surface area contributed by atoms with Gasteiger partial charge < -0.3 is 9.64 Å². The molecule has 0 saturated carbocycles. The van der Waals surface area contributed by atoms with Crippen LogP contribution in [0.2, 0.25) is 5.02 Å². The Labute approximate surface area is 153 Å². The molecule has 2 heterocycles. The summed E-state index contributed by atoms with van der Waals surface area (Å²) < 4.78 is 29.0. The molecule has 0 bridgehead atoms. The van der Waals surface area contributed by atoms with E-state index in [1.807, 2.05) is 12.1 Å². The van der Waals surface area contributed by atoms with Gasteiger partial charge in [0.05, 0.1) is 16.5 Å². The quantitative estimate of drug-likeness (QED) is 0.783. The minimum Gasteiger partial charge on any atom is -0.479 e. The van der Waals surface area contributed by atoms with Gasteiger partial charge >= 0.3 is 0 Å². The number of ether oxygens (including phenoxy) is 1. The van der Waals surface area contributed by atoms with E-state index < -0.39 is 15.9 Å². The number of para-hydroxylation sites is 1. The predicted molar refractivity (Wildman–Crippen MR) is 96.8 cm³/mol. The Bertz CT molecular complexity index is 732. The topological polar surface area (TPSA) is 66.9 Å². The summed E-state index contributed by atoms with van der Waals surface area (Å²) in [6.07, 6.45) is 0.0840. The van der Waals surface area contributed by atoms with Gasteiger partial charge in [-0.15, -0.1) is 0 Å². The summed E-state index contributed by atoms with van der Waals surface area (Å²) in [5.41, 5.74) is 0. The van der Waals surface area contributed by atoms with Crippen LogP contribution in [0.3, 0.4) is 0 Å². The van der Waals surface area contributed by atoms with Crippen LogP contribution in [-0.4, -0.2) is 74.0 Å². The molecule has 0 spiro atoms. The van der Waals surface area contributed by atoms with Gasteiger partial charge in [0.15, 0.2) is 15.9 Å². The molecule has 2 fully saturated rings. The van der Waals surface area contributed by atoms with Crippen LogP contribution in [0.4, 0.5) is 0 Å². The summed E-state index contributed by atoms with van der Waals surface area (Å²) in [6.45, 7) is 4.30. The first-order chi connectivity index (χ1) is 11.9. The summed E-state index contributed by atoms with van der Waals surface area (Å²) in [5, 5.41) is 0.481. The van der Waals surface area contributed by atoms with E-state index in [0.717, 1.165) is 0 Å². The van der Waals surface area contributed by atoms with Gasteiger partial charge in [-0.3, -0.25) is 9.69 Å². The number of hydrogen-bond acceptors (Lipinski definition) is 5. The highest BCUT2D eigenvalue weighted by atomic mass is 35.5. The average Bonchev–Trinajstić information content (AvgIpc) is 2.96. The Morgan fingerprint density at radius 2 is 1.92 bits per heavy atom. The number of hydrogen-bond donors (Lipinski definition) is 0. The van der Waals surface area contributed by atoms with Crippen molar-refractivity contribution in [2.75, 3.05) is 37.7 Å². The molecular weight excluding hydrogens is 364 g/mol. The first-order valence-electron chi connectivity index (χ1n) is 8.50. The van der Waals surface area contributed by atoms with Crippen molar-refractivity contribution >= 4 is 27.3 Å². The smallest absolute Gasteiger partial charge is 0.263 e. The number of sulfone groups is 1. The molecule has 2 atom stereocenters. The normalized spacial score (nSPS) is 24.9. The monoisotopic (exact) mass is 386 g/mol. The van der Waals surface area contributed by atoms with Crippen molar-refractivity contribution in [3.63, 3.8) is 0 Å². The van der Waals surface area contributed by atoms with Crippen molar-refractivity contribution in [3.8, 4) is 5.75 Å². The number of amides is 1. The fraction of sp³-hybridized carbons (Fsp3) is 0.588. The first kappa shape index (κ1) is 18.5. The fourth-order valence-electron chi connectivity index (χ4n) is 3.41. The number of carbonyl (C=O) groups excluding carboxylic acids is 1. The standard InChI is InChI=1S/C17H23ClN2O4S/c1-13(24-16-5-3-2-4-15(16)18)17(21)20-9-7-19(8-10-20)14-6-11-25(22,23)12-14/h2-5,13-14H,6-12H2,1H3. The Morgan fingerprint density at radius 3 is 2.52 bits per heavy atom. The molecule has 2 aliphatic heterocycles. The lowest BCUT2D eigenvalue weighted by molar-refractivity contribution is -0.140. The predicted octanol–water partition coefficient (Wildman–Crippen LogP) is 1.44. The molecule has 0 radical (unpaired) electrons. The Kier molecular flexibility index (Phi) is 5.55. The average molecular weight is 387 g/mol. The lowest BCUT2D eigenvalue weighted by Gasteiger charge is -2.38. The van der Waals surface area contributed by atoms with Crippen LogP contribution in [0.1, 0.15) is 13.3 Å². The minimum absolute atomic E-state index is 0.0707. The van der Waals surface area contributed by atoms with Gasteiger partial charge in [0.25, 0.3) is 5.91 Å². The Hall–Kier alpha value is -1.31. The van der Waals surface area contributed by atoms with Crippen molar-refractivity contribution in [1.29, 1.82) is 0 Å². The zero-order valence-electron chi connectivity index (χ0n) is 14.2. The van der Waals surface area contributed by atoms with Crippen LogP contribution < -0.4 is 4.74 Å². The maximum Gasteiger partial charge on any atom is 0.263 e. The molecule has 138 valence electrons. The summed E-state index contributed by atoms with van der Waals surface area (Å²) in [5.74, 6) is 0.949. The number of nitrogens with zero attached hydrogens (tertiary/aromatic N) is 2. The van der Waals surface area contributed by atoms with Crippen molar-refractivity contribution in [3.05, 3.63) is 29.3 Å². The zero-order chi connectivity index (χ0) is 18.0. The van der Waals surface area contributed by atoms with E-state index in [2.05, 4.69) is 4.90 Å². The van der Waals surface area contributed by atoms with E-state index in [0.29, 0.717) is 43.4 Å². The number of rotatable bonds is 4. The lowest BCUT2D eigenvalue weighted by atomic mass is 10.2. The Balaban J connectivity index is 1.52. The van der Waals surface area contributed by atoms with Crippen LogP contribution in [0.15, 0.2) is 24.3 Å². The summed E-state index contributed by atoms with van der Waals surface area (Å²) >= 11 is 6.07. The van der Waals surface area contributed by atoms with E-state index in [4.69, 9.17) is 16.3 Å². The molecule has 2 saturated heterocycles. The fourth-order valence-corrected chi connectivity index (χ4v) is 5.35. The van der Waals surface area contributed by atoms with Crippen molar-refractivity contribution < 1.29 is 17.9 Å². The van der Waals surface area contributed by atoms with E-state index in [9.17, 15) is 13.2 Å². The van der Waals surface area contributed by atoms with E-state index >= 15 is 0 Å². The van der Waals surface area contributed by atoms with Crippen molar-refractivity contribution in [2.24, 2.45) is 0 Å². The van der Waals surface area contributed by atoms with E-state index in [-0.39, 0.29) is 23.5 Å². The third-order valence-corrected chi connectivity index (χ3v) is 6.90. The number of carbonyl (C=O) groups is 1. The van der Waals surface area contributed by atoms with Gasteiger partial charge in [-0.1, -0.05) is 23.7 Å². The van der Waals surface area contributed by atoms with Gasteiger partial charge in [-0.2, -0.15) is 0 Å². The van der Waals surface area contributed by atoms with Gasteiger partial charge in [0.2, 0.25) is 0 Å². The van der Waals surface area contributed by atoms with Crippen LogP contribution in [0.25, 0.3) is 0 Å². The molecule has 0 aliphatic carbocycles. The summed E-state index contributed by atoms with van der Waals surface area (Å²) in [7, 11) is -2.88. The molecule has 8 heteroatoms. The third kappa shape index (κ3) is 4.46. The van der Waals surface area contributed by atoms with E-state index in [1.54, 1.807) is 24.0 Å². The second kappa shape index (κ2) is 7.51. The number of halogens is 1. The molecule has 1 aromatic carbocycles. The van der Waals surface area contributed by atoms with Gasteiger partial charge in [-0.25, -0.2) is 8.42 Å². The molecular formula is C17H23ClN2O4S. The maximum absolute atomic E-state index is 12.6. The second-order valence-electron chi connectivity index (χ2n) is 6.61. The van der Waals surface area contributed by atoms with Crippen LogP contribution >= 0.6 is 11.6 Å². The largest absolute Gasteiger partial charge is 0.479 e. The van der Waals surface area contributed by atoms with Crippen LogP contribution in [-0.2, 0) is 14.6 Å². The summed E-state index contributed by atoms with van der Waals surface area (Å²) in [4.78, 5) is 16.6. The molecule has 25 heavy (non-hydrogen) atoms. The molecule has 0 N–H and O–H groups in total. The SMILES string of the molecule is CC(Oc1ccccc1Cl)C(=O)N1CCN(C2CCS(=O)(=O)C2)CC1. The van der Waals surface area contributed by atoms with Gasteiger partial charge in [-0.05, 0) is 25.5 Å².